The van der Waals surface area contributed by atoms with E-state index in [9.17, 15) is 9.59 Å². The highest BCUT2D eigenvalue weighted by atomic mass is 32.1. The Kier molecular flexibility index (Phi) is 6.43. The molecule has 7 nitrogen and oxygen atoms in total. The van der Waals surface area contributed by atoms with E-state index in [-0.39, 0.29) is 23.9 Å². The smallest absolute Gasteiger partial charge is 0.277 e. The van der Waals surface area contributed by atoms with E-state index in [0.29, 0.717) is 17.4 Å². The van der Waals surface area contributed by atoms with Crippen LogP contribution in [0, 0.1) is 0 Å². The number of nitrogens with one attached hydrogen (secondary N) is 2. The average molecular weight is 371 g/mol. The molecule has 0 aliphatic heterocycles. The van der Waals surface area contributed by atoms with Crippen molar-refractivity contribution in [1.82, 2.24) is 20.3 Å². The molecule has 0 radical (unpaired) electrons. The van der Waals surface area contributed by atoms with Crippen LogP contribution < -0.4 is 10.6 Å². The normalized spacial score (nSPS) is 13.8. The van der Waals surface area contributed by atoms with E-state index >= 15 is 0 Å². The number of nitrogens with zero attached hydrogens (tertiary/aromatic N) is 3. The highest BCUT2D eigenvalue weighted by molar-refractivity contribution is 7.14. The van der Waals surface area contributed by atoms with E-state index in [2.05, 4.69) is 31.7 Å². The Labute approximate surface area is 156 Å². The summed E-state index contributed by atoms with van der Waals surface area (Å²) in [6, 6.07) is 0. The van der Waals surface area contributed by atoms with E-state index in [1.165, 1.54) is 48.3 Å². The first-order valence-corrected chi connectivity index (χ1v) is 9.55. The van der Waals surface area contributed by atoms with Crippen LogP contribution in [0.5, 0.6) is 0 Å². The highest BCUT2D eigenvalue weighted by Crippen LogP contribution is 2.19. The second kappa shape index (κ2) is 9.19. The number of carbonyl (C=O) groups is 2. The zero-order valence-electron chi connectivity index (χ0n) is 14.4. The molecule has 1 aliphatic carbocycles. The molecule has 2 aromatic heterocycles. The number of rotatable bonds is 7. The molecule has 8 heteroatoms. The van der Waals surface area contributed by atoms with Gasteiger partial charge in [0.05, 0.1) is 18.3 Å². The van der Waals surface area contributed by atoms with E-state index in [0.717, 1.165) is 19.3 Å². The van der Waals surface area contributed by atoms with E-state index in [1.807, 2.05) is 0 Å². The van der Waals surface area contributed by atoms with E-state index < -0.39 is 0 Å². The number of anilines is 1. The summed E-state index contributed by atoms with van der Waals surface area (Å²) in [6.45, 7) is 0.658. The van der Waals surface area contributed by atoms with Crippen LogP contribution in [0.2, 0.25) is 0 Å². The third kappa shape index (κ3) is 5.45. The van der Waals surface area contributed by atoms with Gasteiger partial charge < -0.3 is 5.32 Å². The van der Waals surface area contributed by atoms with Crippen molar-refractivity contribution in [2.75, 3.05) is 11.9 Å². The zero-order valence-corrected chi connectivity index (χ0v) is 15.2. The van der Waals surface area contributed by atoms with Crippen LogP contribution in [0.25, 0.3) is 0 Å². The summed E-state index contributed by atoms with van der Waals surface area (Å²) >= 11 is 1.28. The lowest BCUT2D eigenvalue weighted by atomic mass is 9.97. The fourth-order valence-corrected chi connectivity index (χ4v) is 3.45. The molecule has 2 heterocycles. The number of hydrogen-bond acceptors (Lipinski definition) is 6. The fourth-order valence-electron chi connectivity index (χ4n) is 2.74. The Morgan fingerprint density at radius 2 is 2.15 bits per heavy atom. The summed E-state index contributed by atoms with van der Waals surface area (Å²) < 4.78 is 0. The van der Waals surface area contributed by atoms with Gasteiger partial charge in [0.2, 0.25) is 5.91 Å². The number of amides is 2. The van der Waals surface area contributed by atoms with Crippen molar-refractivity contribution in [3.63, 3.8) is 0 Å². The highest BCUT2D eigenvalue weighted by Gasteiger charge is 2.12. The van der Waals surface area contributed by atoms with Gasteiger partial charge in [0.1, 0.15) is 5.69 Å². The SMILES string of the molecule is O=C(Cc1csc(NC(=O)c2cnccn2)n1)NCCC1=CCCCC1. The van der Waals surface area contributed by atoms with Crippen LogP contribution in [0.4, 0.5) is 5.13 Å². The second-order valence-electron chi connectivity index (χ2n) is 6.07. The summed E-state index contributed by atoms with van der Waals surface area (Å²) in [4.78, 5) is 36.1. The van der Waals surface area contributed by atoms with Crippen LogP contribution in [0.15, 0.2) is 35.6 Å². The molecule has 0 aromatic carbocycles. The topological polar surface area (TPSA) is 96.9 Å². The van der Waals surface area contributed by atoms with Gasteiger partial charge in [-0.25, -0.2) is 9.97 Å². The maximum absolute atomic E-state index is 12.0. The molecule has 136 valence electrons. The minimum atomic E-state index is -0.371. The molecular weight excluding hydrogens is 350 g/mol. The number of allylic oxidation sites excluding steroid dienone is 1. The predicted octanol–water partition coefficient (Wildman–Crippen LogP) is 2.73. The van der Waals surface area contributed by atoms with Gasteiger partial charge in [-0.15, -0.1) is 11.3 Å². The van der Waals surface area contributed by atoms with Crippen molar-refractivity contribution in [2.45, 2.75) is 38.5 Å². The molecule has 1 aliphatic rings. The van der Waals surface area contributed by atoms with Crippen molar-refractivity contribution in [2.24, 2.45) is 0 Å². The molecule has 2 aromatic rings. The van der Waals surface area contributed by atoms with Gasteiger partial charge in [0.15, 0.2) is 5.13 Å². The van der Waals surface area contributed by atoms with Crippen molar-refractivity contribution in [3.8, 4) is 0 Å². The minimum Gasteiger partial charge on any atom is -0.355 e. The predicted molar refractivity (Wildman–Crippen MR) is 100.0 cm³/mol. The molecular formula is C18H21N5O2S. The lowest BCUT2D eigenvalue weighted by Gasteiger charge is -2.12. The quantitative estimate of drug-likeness (QED) is 0.730. The zero-order chi connectivity index (χ0) is 18.2. The Morgan fingerprint density at radius 3 is 2.92 bits per heavy atom. The lowest BCUT2D eigenvalue weighted by Crippen LogP contribution is -2.26. The molecule has 2 N–H and O–H groups in total. The van der Waals surface area contributed by atoms with Crippen LogP contribution >= 0.6 is 11.3 Å². The van der Waals surface area contributed by atoms with Crippen LogP contribution in [0.3, 0.4) is 0 Å². The first kappa shape index (κ1) is 18.2. The standard InChI is InChI=1S/C18H21N5O2S/c24-16(21-7-6-13-4-2-1-3-5-13)10-14-12-26-18(22-14)23-17(25)15-11-19-8-9-20-15/h4,8-9,11-12H,1-3,5-7,10H2,(H,21,24)(H,22,23,25). The summed E-state index contributed by atoms with van der Waals surface area (Å²) in [5.41, 5.74) is 2.30. The number of thiazole rings is 1. The molecule has 2 amide bonds. The fraction of sp³-hybridized carbons (Fsp3) is 0.389. The summed E-state index contributed by atoms with van der Waals surface area (Å²) in [7, 11) is 0. The van der Waals surface area contributed by atoms with E-state index in [4.69, 9.17) is 0 Å². The van der Waals surface area contributed by atoms with Crippen molar-refractivity contribution >= 4 is 28.3 Å². The Hall–Kier alpha value is -2.61. The molecule has 3 rings (SSSR count). The number of hydrogen-bond donors (Lipinski definition) is 2. The molecule has 26 heavy (non-hydrogen) atoms. The molecule has 0 unspecified atom stereocenters. The van der Waals surface area contributed by atoms with Gasteiger partial charge in [-0.3, -0.25) is 19.9 Å². The van der Waals surface area contributed by atoms with Crippen LogP contribution in [-0.2, 0) is 11.2 Å². The molecule has 0 spiro atoms. The van der Waals surface area contributed by atoms with Gasteiger partial charge in [-0.2, -0.15) is 0 Å². The maximum atomic E-state index is 12.0. The number of aromatic nitrogens is 3. The lowest BCUT2D eigenvalue weighted by molar-refractivity contribution is -0.120. The first-order valence-electron chi connectivity index (χ1n) is 8.67. The summed E-state index contributed by atoms with van der Waals surface area (Å²) in [5, 5.41) is 7.81. The average Bonchev–Trinajstić information content (AvgIpc) is 3.10. The summed E-state index contributed by atoms with van der Waals surface area (Å²) in [6.07, 6.45) is 12.6. The molecule has 0 fully saturated rings. The Morgan fingerprint density at radius 1 is 1.23 bits per heavy atom. The maximum Gasteiger partial charge on any atom is 0.277 e. The van der Waals surface area contributed by atoms with Gasteiger partial charge in [-0.05, 0) is 32.1 Å². The van der Waals surface area contributed by atoms with Gasteiger partial charge in [0, 0.05) is 24.3 Å². The van der Waals surface area contributed by atoms with Crippen molar-refractivity contribution in [1.29, 1.82) is 0 Å². The monoisotopic (exact) mass is 371 g/mol. The van der Waals surface area contributed by atoms with Gasteiger partial charge in [0.25, 0.3) is 5.91 Å². The Bertz CT molecular complexity index is 788. The second-order valence-corrected chi connectivity index (χ2v) is 6.93. The third-order valence-corrected chi connectivity index (χ3v) is 4.87. The van der Waals surface area contributed by atoms with Crippen LogP contribution in [0.1, 0.15) is 48.3 Å². The number of carbonyl (C=O) groups excluding carboxylic acids is 2. The molecule has 0 saturated carbocycles. The van der Waals surface area contributed by atoms with Crippen molar-refractivity contribution in [3.05, 3.63) is 47.0 Å². The largest absolute Gasteiger partial charge is 0.355 e. The molecule has 0 saturated heterocycles. The van der Waals surface area contributed by atoms with Gasteiger partial charge in [-0.1, -0.05) is 11.6 Å². The summed E-state index contributed by atoms with van der Waals surface area (Å²) in [5.74, 6) is -0.428. The molecule has 0 bridgehead atoms. The van der Waals surface area contributed by atoms with E-state index in [1.54, 1.807) is 5.38 Å². The first-order chi connectivity index (χ1) is 12.7. The Balaban J connectivity index is 1.43. The van der Waals surface area contributed by atoms with Gasteiger partial charge >= 0.3 is 0 Å². The van der Waals surface area contributed by atoms with Crippen LogP contribution in [-0.4, -0.2) is 33.3 Å². The molecule has 0 atom stereocenters. The minimum absolute atomic E-state index is 0.0569. The third-order valence-electron chi connectivity index (χ3n) is 4.06. The van der Waals surface area contributed by atoms with Crippen molar-refractivity contribution < 1.29 is 9.59 Å².